The number of rotatable bonds is 13. The average Bonchev–Trinajstić information content (AvgIpc) is 2.79. The van der Waals surface area contributed by atoms with Gasteiger partial charge >= 0.3 is 5.97 Å². The minimum Gasteiger partial charge on any atom is -0.480 e. The van der Waals surface area contributed by atoms with Crippen molar-refractivity contribution in [2.45, 2.75) is 51.0 Å². The molecule has 0 aliphatic carbocycles. The molecule has 1 atom stereocenters. The van der Waals surface area contributed by atoms with Crippen LogP contribution in [-0.4, -0.2) is 47.4 Å². The monoisotopic (exact) mass is 424 g/mol. The fourth-order valence-corrected chi connectivity index (χ4v) is 3.34. The molecule has 0 saturated carbocycles. The van der Waals surface area contributed by atoms with Crippen LogP contribution in [0.2, 0.25) is 0 Å². The third kappa shape index (κ3) is 9.47. The Labute approximate surface area is 184 Å². The third-order valence-corrected chi connectivity index (χ3v) is 5.25. The standard InChI is InChI=1S/C25H32N2O4/c1-27(24(29)18-16-21-12-6-3-7-13-21)19-9-8-14-22(25(30)31)26-23(28)17-15-20-10-4-2-5-11-20/h2-7,10-13,22H,8-9,14-19H2,1H3,(H,26,28)(H,30,31). The molecule has 2 aromatic rings. The van der Waals surface area contributed by atoms with E-state index in [1.54, 1.807) is 11.9 Å². The number of aliphatic carboxylic acids is 1. The SMILES string of the molecule is CN(CCCCC(NC(=O)CCc1ccccc1)C(=O)O)C(=O)CCc1ccccc1. The number of carboxylic acids is 1. The lowest BCUT2D eigenvalue weighted by molar-refractivity contribution is -0.142. The van der Waals surface area contributed by atoms with Crippen LogP contribution in [0.25, 0.3) is 0 Å². The van der Waals surface area contributed by atoms with E-state index in [0.717, 1.165) is 11.1 Å². The highest BCUT2D eigenvalue weighted by Crippen LogP contribution is 2.08. The van der Waals surface area contributed by atoms with E-state index >= 15 is 0 Å². The van der Waals surface area contributed by atoms with E-state index in [4.69, 9.17) is 0 Å². The van der Waals surface area contributed by atoms with Gasteiger partial charge in [0.15, 0.2) is 0 Å². The largest absolute Gasteiger partial charge is 0.480 e. The van der Waals surface area contributed by atoms with Gasteiger partial charge in [-0.05, 0) is 43.2 Å². The van der Waals surface area contributed by atoms with E-state index in [0.29, 0.717) is 45.1 Å². The van der Waals surface area contributed by atoms with Crippen LogP contribution in [0, 0.1) is 0 Å². The van der Waals surface area contributed by atoms with Crippen molar-refractivity contribution in [3.8, 4) is 0 Å². The summed E-state index contributed by atoms with van der Waals surface area (Å²) in [6.07, 6.45) is 3.65. The Bertz CT molecular complexity index is 824. The van der Waals surface area contributed by atoms with Crippen molar-refractivity contribution in [3.05, 3.63) is 71.8 Å². The maximum Gasteiger partial charge on any atom is 0.326 e. The predicted octanol–water partition coefficient (Wildman–Crippen LogP) is 3.45. The fraction of sp³-hybridized carbons (Fsp3) is 0.400. The zero-order chi connectivity index (χ0) is 22.5. The minimum atomic E-state index is -1.03. The van der Waals surface area contributed by atoms with Crippen molar-refractivity contribution in [1.82, 2.24) is 10.2 Å². The highest BCUT2D eigenvalue weighted by molar-refractivity contribution is 5.83. The molecular weight excluding hydrogens is 392 g/mol. The van der Waals surface area contributed by atoms with Crippen LogP contribution < -0.4 is 5.32 Å². The molecule has 2 aromatic carbocycles. The topological polar surface area (TPSA) is 86.7 Å². The molecule has 6 nitrogen and oxygen atoms in total. The minimum absolute atomic E-state index is 0.0767. The number of benzene rings is 2. The molecule has 166 valence electrons. The fourth-order valence-electron chi connectivity index (χ4n) is 3.34. The van der Waals surface area contributed by atoms with Crippen LogP contribution in [-0.2, 0) is 27.2 Å². The zero-order valence-electron chi connectivity index (χ0n) is 18.1. The first-order valence-electron chi connectivity index (χ1n) is 10.8. The Balaban J connectivity index is 1.65. The number of nitrogens with one attached hydrogen (secondary N) is 1. The number of nitrogens with zero attached hydrogens (tertiary/aromatic N) is 1. The summed E-state index contributed by atoms with van der Waals surface area (Å²) in [5.74, 6) is -1.21. The number of hydrogen-bond donors (Lipinski definition) is 2. The molecular formula is C25H32N2O4. The molecule has 2 amide bonds. The lowest BCUT2D eigenvalue weighted by atomic mass is 10.1. The van der Waals surface area contributed by atoms with Crippen molar-refractivity contribution in [1.29, 1.82) is 0 Å². The summed E-state index contributed by atoms with van der Waals surface area (Å²) < 4.78 is 0. The van der Waals surface area contributed by atoms with Gasteiger partial charge in [-0.2, -0.15) is 0 Å². The molecule has 0 radical (unpaired) electrons. The molecule has 0 bridgehead atoms. The van der Waals surface area contributed by atoms with Gasteiger partial charge < -0.3 is 15.3 Å². The van der Waals surface area contributed by atoms with E-state index in [-0.39, 0.29) is 18.2 Å². The summed E-state index contributed by atoms with van der Waals surface area (Å²) in [4.78, 5) is 37.6. The number of amides is 2. The Morgan fingerprint density at radius 3 is 1.97 bits per heavy atom. The van der Waals surface area contributed by atoms with E-state index in [2.05, 4.69) is 5.32 Å². The second-order valence-corrected chi connectivity index (χ2v) is 7.74. The lowest BCUT2D eigenvalue weighted by Gasteiger charge is -2.18. The molecule has 0 spiro atoms. The number of carbonyl (C=O) groups is 3. The summed E-state index contributed by atoms with van der Waals surface area (Å²) in [5, 5.41) is 12.0. The van der Waals surface area contributed by atoms with E-state index in [1.807, 2.05) is 60.7 Å². The Morgan fingerprint density at radius 2 is 1.42 bits per heavy atom. The maximum atomic E-state index is 12.3. The number of carbonyl (C=O) groups excluding carboxylic acids is 2. The highest BCUT2D eigenvalue weighted by Gasteiger charge is 2.19. The third-order valence-electron chi connectivity index (χ3n) is 5.25. The van der Waals surface area contributed by atoms with Crippen LogP contribution >= 0.6 is 0 Å². The van der Waals surface area contributed by atoms with Gasteiger partial charge in [0.05, 0.1) is 0 Å². The van der Waals surface area contributed by atoms with Gasteiger partial charge in [-0.15, -0.1) is 0 Å². The first kappa shape index (κ1) is 24.1. The zero-order valence-corrected chi connectivity index (χ0v) is 18.1. The molecule has 1 unspecified atom stereocenters. The van der Waals surface area contributed by atoms with E-state index in [1.165, 1.54) is 0 Å². The van der Waals surface area contributed by atoms with Crippen molar-refractivity contribution >= 4 is 17.8 Å². The molecule has 0 saturated heterocycles. The number of aryl methyl sites for hydroxylation is 2. The summed E-state index contributed by atoms with van der Waals surface area (Å²) in [6, 6.07) is 18.6. The van der Waals surface area contributed by atoms with E-state index in [9.17, 15) is 19.5 Å². The molecule has 0 aromatic heterocycles. The summed E-state index contributed by atoms with van der Waals surface area (Å²) in [6.45, 7) is 0.571. The first-order valence-corrected chi connectivity index (χ1v) is 10.8. The molecule has 2 N–H and O–H groups in total. The second kappa shape index (κ2) is 13.2. The highest BCUT2D eigenvalue weighted by atomic mass is 16.4. The van der Waals surface area contributed by atoms with Crippen LogP contribution in [0.5, 0.6) is 0 Å². The van der Waals surface area contributed by atoms with Crippen molar-refractivity contribution in [2.75, 3.05) is 13.6 Å². The molecule has 0 fully saturated rings. The molecule has 6 heteroatoms. The van der Waals surface area contributed by atoms with Crippen LogP contribution in [0.4, 0.5) is 0 Å². The maximum absolute atomic E-state index is 12.3. The van der Waals surface area contributed by atoms with Crippen molar-refractivity contribution in [3.63, 3.8) is 0 Å². The normalized spacial score (nSPS) is 11.5. The molecule has 0 aliphatic rings. The number of carboxylic acid groups (broad SMARTS) is 1. The van der Waals surface area contributed by atoms with Crippen molar-refractivity contribution in [2.24, 2.45) is 0 Å². The Hall–Kier alpha value is -3.15. The predicted molar refractivity (Wildman–Crippen MR) is 121 cm³/mol. The summed E-state index contributed by atoms with van der Waals surface area (Å²) in [5.41, 5.74) is 2.18. The van der Waals surface area contributed by atoms with Crippen LogP contribution in [0.15, 0.2) is 60.7 Å². The van der Waals surface area contributed by atoms with Gasteiger partial charge in [0.1, 0.15) is 6.04 Å². The van der Waals surface area contributed by atoms with Gasteiger partial charge in [0, 0.05) is 26.4 Å². The summed E-state index contributed by atoms with van der Waals surface area (Å²) in [7, 11) is 1.77. The van der Waals surface area contributed by atoms with Gasteiger partial charge in [-0.25, -0.2) is 4.79 Å². The molecule has 2 rings (SSSR count). The van der Waals surface area contributed by atoms with Gasteiger partial charge in [-0.3, -0.25) is 9.59 Å². The quantitative estimate of drug-likeness (QED) is 0.482. The molecule has 0 aliphatic heterocycles. The smallest absolute Gasteiger partial charge is 0.326 e. The number of hydrogen-bond acceptors (Lipinski definition) is 3. The van der Waals surface area contributed by atoms with Gasteiger partial charge in [-0.1, -0.05) is 60.7 Å². The molecule has 0 heterocycles. The van der Waals surface area contributed by atoms with E-state index < -0.39 is 12.0 Å². The van der Waals surface area contributed by atoms with Crippen LogP contribution in [0.3, 0.4) is 0 Å². The van der Waals surface area contributed by atoms with Gasteiger partial charge in [0.2, 0.25) is 11.8 Å². The molecule has 31 heavy (non-hydrogen) atoms. The van der Waals surface area contributed by atoms with Gasteiger partial charge in [0.25, 0.3) is 0 Å². The van der Waals surface area contributed by atoms with Crippen LogP contribution in [0.1, 0.15) is 43.2 Å². The Kier molecular flexibility index (Phi) is 10.3. The van der Waals surface area contributed by atoms with Crippen molar-refractivity contribution < 1.29 is 19.5 Å². The Morgan fingerprint density at radius 1 is 0.871 bits per heavy atom. The average molecular weight is 425 g/mol. The first-order chi connectivity index (χ1) is 15.0. The lowest BCUT2D eigenvalue weighted by Crippen LogP contribution is -2.41. The summed E-state index contributed by atoms with van der Waals surface area (Å²) >= 11 is 0. The second-order valence-electron chi connectivity index (χ2n) is 7.74. The number of unbranched alkanes of at least 4 members (excludes halogenated alkanes) is 1.